The third-order valence-electron chi connectivity index (χ3n) is 2.27. The fourth-order valence-corrected chi connectivity index (χ4v) is 2.26. The van der Waals surface area contributed by atoms with Crippen LogP contribution in [0.2, 0.25) is 0 Å². The molecule has 0 aliphatic heterocycles. The number of rotatable bonds is 7. The van der Waals surface area contributed by atoms with E-state index in [2.05, 4.69) is 20.8 Å². The van der Waals surface area contributed by atoms with Gasteiger partial charge >= 0.3 is 5.97 Å². The van der Waals surface area contributed by atoms with Crippen molar-refractivity contribution in [1.82, 2.24) is 0 Å². The lowest BCUT2D eigenvalue weighted by atomic mass is 10.0. The van der Waals surface area contributed by atoms with Crippen molar-refractivity contribution < 1.29 is 14.3 Å². The normalized spacial score (nSPS) is 13.5. The number of ketones is 1. The largest absolute Gasteiger partial charge is 0.463 e. The number of hydrogen-bond donors (Lipinski definition) is 0. The summed E-state index contributed by atoms with van der Waals surface area (Å²) in [6.07, 6.45) is 0.646. The van der Waals surface area contributed by atoms with Gasteiger partial charge in [-0.05, 0) is 13.8 Å². The Morgan fingerprint density at radius 1 is 1.22 bits per heavy atom. The topological polar surface area (TPSA) is 43.4 Å². The van der Waals surface area contributed by atoms with Gasteiger partial charge in [0.15, 0.2) is 0 Å². The van der Waals surface area contributed by atoms with Gasteiger partial charge in [0.2, 0.25) is 0 Å². The SMILES string of the molecule is CCC(=O)C[C@@H](CSC(C)(C)C)C(=O)OC(C)C. The molecule has 0 amide bonds. The van der Waals surface area contributed by atoms with Crippen molar-refractivity contribution in [1.29, 1.82) is 0 Å². The maximum Gasteiger partial charge on any atom is 0.310 e. The maximum atomic E-state index is 11.9. The van der Waals surface area contributed by atoms with Gasteiger partial charge in [-0.15, -0.1) is 0 Å². The highest BCUT2D eigenvalue weighted by molar-refractivity contribution is 8.00. The van der Waals surface area contributed by atoms with Crippen molar-refractivity contribution in [3.8, 4) is 0 Å². The third-order valence-corrected chi connectivity index (χ3v) is 3.71. The smallest absolute Gasteiger partial charge is 0.310 e. The summed E-state index contributed by atoms with van der Waals surface area (Å²) < 4.78 is 5.31. The summed E-state index contributed by atoms with van der Waals surface area (Å²) in [5.74, 6) is 0.198. The van der Waals surface area contributed by atoms with Crippen LogP contribution in [0, 0.1) is 5.92 Å². The molecule has 0 saturated carbocycles. The molecule has 3 nitrogen and oxygen atoms in total. The summed E-state index contributed by atoms with van der Waals surface area (Å²) in [4.78, 5) is 23.5. The number of esters is 1. The molecule has 0 fully saturated rings. The summed E-state index contributed by atoms with van der Waals surface area (Å²) in [7, 11) is 0. The van der Waals surface area contributed by atoms with Crippen LogP contribution in [0.1, 0.15) is 54.4 Å². The van der Waals surface area contributed by atoms with Crippen LogP contribution >= 0.6 is 11.8 Å². The molecule has 0 aliphatic rings. The molecule has 4 heteroatoms. The Hall–Kier alpha value is -0.510. The second-order valence-corrected chi connectivity index (χ2v) is 7.55. The summed E-state index contributed by atoms with van der Waals surface area (Å²) >= 11 is 1.70. The Morgan fingerprint density at radius 2 is 1.78 bits per heavy atom. The minimum Gasteiger partial charge on any atom is -0.463 e. The molecule has 18 heavy (non-hydrogen) atoms. The Morgan fingerprint density at radius 3 is 2.17 bits per heavy atom. The number of carbonyl (C=O) groups is 2. The zero-order chi connectivity index (χ0) is 14.3. The van der Waals surface area contributed by atoms with Gasteiger partial charge in [0, 0.05) is 23.3 Å². The van der Waals surface area contributed by atoms with Crippen molar-refractivity contribution in [2.45, 2.75) is 65.2 Å². The van der Waals surface area contributed by atoms with Gasteiger partial charge in [0.1, 0.15) is 5.78 Å². The van der Waals surface area contributed by atoms with Crippen LogP contribution in [0.4, 0.5) is 0 Å². The van der Waals surface area contributed by atoms with Gasteiger partial charge in [0.05, 0.1) is 12.0 Å². The van der Waals surface area contributed by atoms with Crippen molar-refractivity contribution >= 4 is 23.5 Å². The first-order chi connectivity index (χ1) is 8.15. The molecule has 0 N–H and O–H groups in total. The van der Waals surface area contributed by atoms with E-state index >= 15 is 0 Å². The van der Waals surface area contributed by atoms with Crippen molar-refractivity contribution in [3.63, 3.8) is 0 Å². The van der Waals surface area contributed by atoms with Crippen LogP contribution < -0.4 is 0 Å². The number of hydrogen-bond acceptors (Lipinski definition) is 4. The molecule has 0 aromatic carbocycles. The maximum absolute atomic E-state index is 11.9. The predicted molar refractivity (Wildman–Crippen MR) is 76.8 cm³/mol. The van der Waals surface area contributed by atoms with E-state index in [0.29, 0.717) is 18.6 Å². The molecule has 106 valence electrons. The number of Topliss-reactive ketones (excluding diaryl/α,β-unsaturated/α-hetero) is 1. The minimum atomic E-state index is -0.316. The molecular weight excluding hydrogens is 248 g/mol. The lowest BCUT2D eigenvalue weighted by Gasteiger charge is -2.22. The van der Waals surface area contributed by atoms with Crippen LogP contribution in [-0.4, -0.2) is 28.4 Å². The van der Waals surface area contributed by atoms with E-state index in [4.69, 9.17) is 4.74 Å². The monoisotopic (exact) mass is 274 g/mol. The van der Waals surface area contributed by atoms with Gasteiger partial charge < -0.3 is 4.74 Å². The molecule has 0 aromatic heterocycles. The molecule has 1 atom stereocenters. The fourth-order valence-electron chi connectivity index (χ4n) is 1.31. The average Bonchev–Trinajstić information content (AvgIpc) is 2.21. The van der Waals surface area contributed by atoms with E-state index in [0.717, 1.165) is 0 Å². The molecule has 0 heterocycles. The Labute approximate surface area is 115 Å². The Bertz CT molecular complexity index is 279. The van der Waals surface area contributed by atoms with Crippen LogP contribution in [0.25, 0.3) is 0 Å². The van der Waals surface area contributed by atoms with E-state index in [1.807, 2.05) is 20.8 Å². The number of ether oxygens (including phenoxy) is 1. The van der Waals surface area contributed by atoms with Crippen molar-refractivity contribution in [2.75, 3.05) is 5.75 Å². The van der Waals surface area contributed by atoms with Gasteiger partial charge in [-0.25, -0.2) is 0 Å². The van der Waals surface area contributed by atoms with Crippen LogP contribution in [0.15, 0.2) is 0 Å². The third kappa shape index (κ3) is 8.56. The molecule has 0 aliphatic carbocycles. The standard InChI is InChI=1S/C14H26O3S/c1-7-12(15)8-11(9-18-14(4,5)6)13(16)17-10(2)3/h10-11H,7-9H2,1-6H3/t11-/m0/s1. The fraction of sp³-hybridized carbons (Fsp3) is 0.857. The molecule has 0 saturated heterocycles. The first kappa shape index (κ1) is 17.5. The molecule has 0 unspecified atom stereocenters. The first-order valence-corrected chi connectivity index (χ1v) is 7.50. The van der Waals surface area contributed by atoms with Crippen molar-refractivity contribution in [3.05, 3.63) is 0 Å². The Balaban J connectivity index is 4.51. The van der Waals surface area contributed by atoms with E-state index in [1.54, 1.807) is 11.8 Å². The van der Waals surface area contributed by atoms with Gasteiger partial charge in [-0.3, -0.25) is 9.59 Å². The summed E-state index contributed by atoms with van der Waals surface area (Å²) in [5, 5.41) is 0. The predicted octanol–water partition coefficient (Wildman–Crippen LogP) is 3.46. The minimum absolute atomic E-state index is 0.0889. The molecule has 0 radical (unpaired) electrons. The Kier molecular flexibility index (Phi) is 7.60. The summed E-state index contributed by atoms with van der Waals surface area (Å²) in [5.41, 5.74) is 0. The lowest BCUT2D eigenvalue weighted by Crippen LogP contribution is -2.27. The van der Waals surface area contributed by atoms with Crippen LogP contribution in [-0.2, 0) is 14.3 Å². The lowest BCUT2D eigenvalue weighted by molar-refractivity contribution is -0.152. The second kappa shape index (κ2) is 7.82. The van der Waals surface area contributed by atoms with Gasteiger partial charge in [0.25, 0.3) is 0 Å². The van der Waals surface area contributed by atoms with E-state index < -0.39 is 0 Å². The van der Waals surface area contributed by atoms with Crippen LogP contribution in [0.5, 0.6) is 0 Å². The zero-order valence-electron chi connectivity index (χ0n) is 12.4. The second-order valence-electron chi connectivity index (χ2n) is 5.70. The quantitative estimate of drug-likeness (QED) is 0.667. The number of thioether (sulfide) groups is 1. The van der Waals surface area contributed by atoms with E-state index in [1.165, 1.54) is 0 Å². The molecule has 0 aromatic rings. The average molecular weight is 274 g/mol. The summed E-state index contributed by atoms with van der Waals surface area (Å²) in [6, 6.07) is 0. The van der Waals surface area contributed by atoms with E-state index in [-0.39, 0.29) is 28.5 Å². The van der Waals surface area contributed by atoms with Gasteiger partial charge in [-0.1, -0.05) is 27.7 Å². The first-order valence-electron chi connectivity index (χ1n) is 6.51. The van der Waals surface area contributed by atoms with Crippen LogP contribution in [0.3, 0.4) is 0 Å². The zero-order valence-corrected chi connectivity index (χ0v) is 13.2. The summed E-state index contributed by atoms with van der Waals surface area (Å²) in [6.45, 7) is 11.8. The molecule has 0 rings (SSSR count). The van der Waals surface area contributed by atoms with E-state index in [9.17, 15) is 9.59 Å². The van der Waals surface area contributed by atoms with Gasteiger partial charge in [-0.2, -0.15) is 11.8 Å². The molecule has 0 spiro atoms. The number of carbonyl (C=O) groups excluding carboxylic acids is 2. The highest BCUT2D eigenvalue weighted by Gasteiger charge is 2.25. The molecule has 0 bridgehead atoms. The highest BCUT2D eigenvalue weighted by atomic mass is 32.2. The van der Waals surface area contributed by atoms with Crippen molar-refractivity contribution in [2.24, 2.45) is 5.92 Å². The highest BCUT2D eigenvalue weighted by Crippen LogP contribution is 2.27. The molecular formula is C14H26O3S.